The van der Waals surface area contributed by atoms with Crippen LogP contribution in [0.3, 0.4) is 0 Å². The summed E-state index contributed by atoms with van der Waals surface area (Å²) in [5.74, 6) is 1.21. The highest BCUT2D eigenvalue weighted by Gasteiger charge is 2.12. The van der Waals surface area contributed by atoms with Gasteiger partial charge in [0.15, 0.2) is 0 Å². The first-order valence-corrected chi connectivity index (χ1v) is 8.57. The van der Waals surface area contributed by atoms with Gasteiger partial charge in [-0.05, 0) is 36.7 Å². The summed E-state index contributed by atoms with van der Waals surface area (Å²) in [6.45, 7) is 1.48. The fourth-order valence-corrected chi connectivity index (χ4v) is 2.66. The van der Waals surface area contributed by atoms with Crippen molar-refractivity contribution in [1.82, 2.24) is 25.1 Å². The third-order valence-corrected chi connectivity index (χ3v) is 4.23. The summed E-state index contributed by atoms with van der Waals surface area (Å²) in [5, 5.41) is 15.0. The minimum atomic E-state index is -0.171. The van der Waals surface area contributed by atoms with Gasteiger partial charge in [-0.2, -0.15) is 0 Å². The Labute approximate surface area is 150 Å². The number of rotatable bonds is 9. The predicted octanol–water partition coefficient (Wildman–Crippen LogP) is 0.983. The molecule has 9 nitrogen and oxygen atoms in total. The Kier molecular flexibility index (Phi) is 7.02. The summed E-state index contributed by atoms with van der Waals surface area (Å²) >= 11 is 1.28. The van der Waals surface area contributed by atoms with Gasteiger partial charge in [0, 0.05) is 12.6 Å². The van der Waals surface area contributed by atoms with Crippen molar-refractivity contribution in [3.05, 3.63) is 18.2 Å². The van der Waals surface area contributed by atoms with Crippen LogP contribution in [0, 0.1) is 0 Å². The molecule has 0 saturated heterocycles. The highest BCUT2D eigenvalue weighted by Crippen LogP contribution is 2.29. The number of carbonyl (C=O) groups excluding carboxylic acids is 1. The highest BCUT2D eigenvalue weighted by molar-refractivity contribution is 7.99. The number of anilines is 1. The zero-order chi connectivity index (χ0) is 18.2. The molecular weight excluding hydrogens is 344 g/mol. The zero-order valence-electron chi connectivity index (χ0n) is 14.7. The molecule has 2 rings (SSSR count). The van der Waals surface area contributed by atoms with Crippen LogP contribution in [0.4, 0.5) is 5.69 Å². The summed E-state index contributed by atoms with van der Waals surface area (Å²) in [6.07, 6.45) is 0. The lowest BCUT2D eigenvalue weighted by Gasteiger charge is -2.12. The second-order valence-electron chi connectivity index (χ2n) is 5.39. The molecule has 0 aliphatic rings. The number of tetrazole rings is 1. The van der Waals surface area contributed by atoms with Crippen molar-refractivity contribution in [3.8, 4) is 11.5 Å². The molecule has 0 atom stereocenters. The number of benzene rings is 1. The van der Waals surface area contributed by atoms with Crippen molar-refractivity contribution < 1.29 is 14.3 Å². The van der Waals surface area contributed by atoms with Crippen molar-refractivity contribution in [2.45, 2.75) is 11.7 Å². The van der Waals surface area contributed by atoms with Crippen molar-refractivity contribution >= 4 is 23.4 Å². The average molecular weight is 366 g/mol. The van der Waals surface area contributed by atoms with Gasteiger partial charge in [-0.1, -0.05) is 11.8 Å². The lowest BCUT2D eigenvalue weighted by atomic mass is 10.2. The van der Waals surface area contributed by atoms with Crippen molar-refractivity contribution in [2.24, 2.45) is 0 Å². The molecule has 0 radical (unpaired) electrons. The molecule has 0 spiro atoms. The number of methoxy groups -OCH3 is 2. The van der Waals surface area contributed by atoms with Crippen LogP contribution >= 0.6 is 11.8 Å². The maximum atomic E-state index is 12.2. The number of ether oxygens (including phenoxy) is 2. The van der Waals surface area contributed by atoms with Gasteiger partial charge >= 0.3 is 0 Å². The van der Waals surface area contributed by atoms with E-state index in [2.05, 4.69) is 20.8 Å². The number of likely N-dealkylation sites (N-methyl/N-ethyl adjacent to an activating group) is 1. The Hall–Kier alpha value is -2.33. The van der Waals surface area contributed by atoms with E-state index in [-0.39, 0.29) is 11.7 Å². The molecule has 1 aromatic carbocycles. The molecule has 1 amide bonds. The summed E-state index contributed by atoms with van der Waals surface area (Å²) in [7, 11) is 7.07. The lowest BCUT2D eigenvalue weighted by molar-refractivity contribution is -0.113. The molecule has 0 aliphatic heterocycles. The standard InChI is InChI=1S/C15H22N6O3S/c1-20(2)7-8-21-15(17-18-19-21)25-10-14(22)16-12-6-5-11(23-3)9-13(12)24-4/h5-6,9H,7-8,10H2,1-4H3,(H,16,22). The summed E-state index contributed by atoms with van der Waals surface area (Å²) in [4.78, 5) is 14.2. The number of carbonyl (C=O) groups is 1. The van der Waals surface area contributed by atoms with Gasteiger partial charge in [0.2, 0.25) is 11.1 Å². The minimum Gasteiger partial charge on any atom is -0.497 e. The molecule has 0 saturated carbocycles. The Morgan fingerprint density at radius 2 is 2.12 bits per heavy atom. The van der Waals surface area contributed by atoms with Gasteiger partial charge in [-0.25, -0.2) is 4.68 Å². The van der Waals surface area contributed by atoms with E-state index >= 15 is 0 Å². The van der Waals surface area contributed by atoms with E-state index in [0.29, 0.717) is 28.9 Å². The molecule has 10 heteroatoms. The fourth-order valence-electron chi connectivity index (χ4n) is 1.95. The van der Waals surface area contributed by atoms with E-state index in [0.717, 1.165) is 6.54 Å². The highest BCUT2D eigenvalue weighted by atomic mass is 32.2. The number of nitrogens with one attached hydrogen (secondary N) is 1. The van der Waals surface area contributed by atoms with E-state index < -0.39 is 0 Å². The van der Waals surface area contributed by atoms with E-state index in [1.54, 1.807) is 30.0 Å². The van der Waals surface area contributed by atoms with Crippen LogP contribution in [-0.4, -0.2) is 71.6 Å². The third-order valence-electron chi connectivity index (χ3n) is 3.27. The minimum absolute atomic E-state index is 0.171. The first-order chi connectivity index (χ1) is 12.0. The van der Waals surface area contributed by atoms with Crippen LogP contribution in [-0.2, 0) is 11.3 Å². The second-order valence-corrected chi connectivity index (χ2v) is 6.33. The Balaban J connectivity index is 1.92. The smallest absolute Gasteiger partial charge is 0.234 e. The quantitative estimate of drug-likeness (QED) is 0.657. The van der Waals surface area contributed by atoms with Crippen LogP contribution in [0.2, 0.25) is 0 Å². The summed E-state index contributed by atoms with van der Waals surface area (Å²) in [5.41, 5.74) is 0.584. The molecule has 0 unspecified atom stereocenters. The lowest BCUT2D eigenvalue weighted by Crippen LogP contribution is -2.20. The van der Waals surface area contributed by atoms with Crippen LogP contribution in [0.15, 0.2) is 23.4 Å². The number of hydrogen-bond donors (Lipinski definition) is 1. The topological polar surface area (TPSA) is 94.4 Å². The molecule has 0 fully saturated rings. The normalized spacial score (nSPS) is 10.8. The molecule has 1 aromatic heterocycles. The van der Waals surface area contributed by atoms with Crippen molar-refractivity contribution in [2.75, 3.05) is 45.9 Å². The largest absolute Gasteiger partial charge is 0.497 e. The molecule has 25 heavy (non-hydrogen) atoms. The predicted molar refractivity (Wildman–Crippen MR) is 95.3 cm³/mol. The zero-order valence-corrected chi connectivity index (χ0v) is 15.5. The Bertz CT molecular complexity index is 706. The van der Waals surface area contributed by atoms with E-state index in [1.807, 2.05) is 19.0 Å². The average Bonchev–Trinajstić information content (AvgIpc) is 3.06. The monoisotopic (exact) mass is 366 g/mol. The number of amides is 1. The Morgan fingerprint density at radius 1 is 1.32 bits per heavy atom. The fraction of sp³-hybridized carbons (Fsp3) is 0.467. The van der Waals surface area contributed by atoms with Gasteiger partial charge in [0.05, 0.1) is 32.2 Å². The van der Waals surface area contributed by atoms with Crippen molar-refractivity contribution in [1.29, 1.82) is 0 Å². The third kappa shape index (κ3) is 5.61. The Morgan fingerprint density at radius 3 is 2.80 bits per heavy atom. The van der Waals surface area contributed by atoms with Crippen LogP contribution < -0.4 is 14.8 Å². The molecule has 1 N–H and O–H groups in total. The molecule has 0 bridgehead atoms. The molecule has 136 valence electrons. The number of hydrogen-bond acceptors (Lipinski definition) is 8. The number of nitrogens with zero attached hydrogens (tertiary/aromatic N) is 5. The summed E-state index contributed by atoms with van der Waals surface area (Å²) in [6, 6.07) is 5.21. The molecule has 1 heterocycles. The first kappa shape index (κ1) is 19.0. The van der Waals surface area contributed by atoms with Gasteiger partial charge in [-0.3, -0.25) is 4.79 Å². The molecular formula is C15H22N6O3S. The van der Waals surface area contributed by atoms with Gasteiger partial charge in [0.1, 0.15) is 11.5 Å². The maximum absolute atomic E-state index is 12.2. The molecule has 0 aliphatic carbocycles. The van der Waals surface area contributed by atoms with Gasteiger partial charge < -0.3 is 19.7 Å². The van der Waals surface area contributed by atoms with Crippen LogP contribution in [0.1, 0.15) is 0 Å². The SMILES string of the molecule is COc1ccc(NC(=O)CSc2nnnn2CCN(C)C)c(OC)c1. The van der Waals surface area contributed by atoms with E-state index in [1.165, 1.54) is 18.9 Å². The van der Waals surface area contributed by atoms with Crippen molar-refractivity contribution in [3.63, 3.8) is 0 Å². The van der Waals surface area contributed by atoms with Crippen LogP contribution in [0.25, 0.3) is 0 Å². The number of thioether (sulfide) groups is 1. The number of aromatic nitrogens is 4. The maximum Gasteiger partial charge on any atom is 0.234 e. The van der Waals surface area contributed by atoms with Gasteiger partial charge in [0.25, 0.3) is 0 Å². The molecule has 2 aromatic rings. The van der Waals surface area contributed by atoms with E-state index in [9.17, 15) is 4.79 Å². The van der Waals surface area contributed by atoms with E-state index in [4.69, 9.17) is 9.47 Å². The van der Waals surface area contributed by atoms with Crippen LogP contribution in [0.5, 0.6) is 11.5 Å². The summed E-state index contributed by atoms with van der Waals surface area (Å²) < 4.78 is 12.1. The second kappa shape index (κ2) is 9.23. The van der Waals surface area contributed by atoms with Gasteiger partial charge in [-0.15, -0.1) is 5.10 Å². The first-order valence-electron chi connectivity index (χ1n) is 7.59.